The van der Waals surface area contributed by atoms with Gasteiger partial charge in [-0.2, -0.15) is 0 Å². The molecule has 0 saturated heterocycles. The van der Waals surface area contributed by atoms with Crippen molar-refractivity contribution in [3.05, 3.63) is 59.2 Å². The zero-order valence-electron chi connectivity index (χ0n) is 14.2. The first-order valence-corrected chi connectivity index (χ1v) is 7.93. The van der Waals surface area contributed by atoms with E-state index in [1.807, 2.05) is 37.3 Å². The van der Waals surface area contributed by atoms with E-state index in [1.54, 1.807) is 7.11 Å². The number of primary amides is 1. The average molecular weight is 328 g/mol. The average Bonchev–Trinajstić information content (AvgIpc) is 2.58. The van der Waals surface area contributed by atoms with E-state index < -0.39 is 5.91 Å². The number of aryl methyl sites for hydroxylation is 1. The highest BCUT2D eigenvalue weighted by Crippen LogP contribution is 2.32. The summed E-state index contributed by atoms with van der Waals surface area (Å²) in [4.78, 5) is 10.9. The minimum atomic E-state index is -0.511. The molecule has 2 aromatic carbocycles. The molecule has 2 rings (SSSR count). The Balaban J connectivity index is 1.93. The predicted molar refractivity (Wildman–Crippen MR) is 94.3 cm³/mol. The van der Waals surface area contributed by atoms with Gasteiger partial charge in [-0.3, -0.25) is 4.79 Å². The van der Waals surface area contributed by atoms with E-state index in [9.17, 15) is 4.79 Å². The van der Waals surface area contributed by atoms with E-state index in [1.165, 1.54) is 5.56 Å². The number of hydrogen-bond donors (Lipinski definition) is 2. The first-order valence-electron chi connectivity index (χ1n) is 7.93. The van der Waals surface area contributed by atoms with Crippen LogP contribution in [0.5, 0.6) is 11.5 Å². The summed E-state index contributed by atoms with van der Waals surface area (Å²) in [5, 5.41) is 3.43. The summed E-state index contributed by atoms with van der Waals surface area (Å²) >= 11 is 0. The fraction of sp³-hybridized carbons (Fsp3) is 0.316. The van der Waals surface area contributed by atoms with Crippen LogP contribution in [0.25, 0.3) is 0 Å². The van der Waals surface area contributed by atoms with Crippen molar-refractivity contribution in [2.75, 3.05) is 20.3 Å². The maximum absolute atomic E-state index is 10.9. The molecule has 0 heterocycles. The standard InChI is InChI=1S/C19H24N2O3/c1-14-10-16(11-17(23-2)19(14)24-13-18(20)22)12-21-9-8-15-6-4-3-5-7-15/h3-7,10-11,21H,8-9,12-13H2,1-2H3,(H2,20,22). The van der Waals surface area contributed by atoms with Crippen molar-refractivity contribution in [3.8, 4) is 11.5 Å². The van der Waals surface area contributed by atoms with Gasteiger partial charge in [0.05, 0.1) is 7.11 Å². The minimum absolute atomic E-state index is 0.161. The topological polar surface area (TPSA) is 73.6 Å². The predicted octanol–water partition coefficient (Wildman–Crippen LogP) is 2.20. The Bertz CT molecular complexity index is 672. The number of methoxy groups -OCH3 is 1. The summed E-state index contributed by atoms with van der Waals surface area (Å²) in [7, 11) is 1.58. The maximum atomic E-state index is 10.9. The van der Waals surface area contributed by atoms with Gasteiger partial charge in [0.2, 0.25) is 0 Å². The maximum Gasteiger partial charge on any atom is 0.255 e. The quantitative estimate of drug-likeness (QED) is 0.692. The number of rotatable bonds is 9. The zero-order chi connectivity index (χ0) is 17.4. The Kier molecular flexibility index (Phi) is 6.63. The van der Waals surface area contributed by atoms with Gasteiger partial charge in [-0.25, -0.2) is 0 Å². The van der Waals surface area contributed by atoms with Crippen LogP contribution in [0, 0.1) is 6.92 Å². The molecule has 128 valence electrons. The second-order valence-corrected chi connectivity index (χ2v) is 5.61. The minimum Gasteiger partial charge on any atom is -0.493 e. The molecule has 2 aromatic rings. The normalized spacial score (nSPS) is 10.4. The third-order valence-electron chi connectivity index (χ3n) is 3.64. The molecule has 5 heteroatoms. The highest BCUT2D eigenvalue weighted by Gasteiger charge is 2.11. The summed E-state index contributed by atoms with van der Waals surface area (Å²) in [6.07, 6.45) is 0.983. The molecule has 0 spiro atoms. The molecule has 0 atom stereocenters. The number of carbonyl (C=O) groups is 1. The molecule has 0 fully saturated rings. The number of nitrogens with one attached hydrogen (secondary N) is 1. The lowest BCUT2D eigenvalue weighted by atomic mass is 10.1. The third kappa shape index (κ3) is 5.28. The zero-order valence-corrected chi connectivity index (χ0v) is 14.2. The molecule has 0 aliphatic rings. The summed E-state index contributed by atoms with van der Waals surface area (Å²) in [6.45, 7) is 3.39. The Morgan fingerprint density at radius 1 is 1.17 bits per heavy atom. The molecule has 0 saturated carbocycles. The first-order chi connectivity index (χ1) is 11.6. The third-order valence-corrected chi connectivity index (χ3v) is 3.64. The van der Waals surface area contributed by atoms with Gasteiger partial charge in [-0.15, -0.1) is 0 Å². The lowest BCUT2D eigenvalue weighted by Gasteiger charge is -2.15. The van der Waals surface area contributed by atoms with Crippen molar-refractivity contribution in [2.45, 2.75) is 19.9 Å². The van der Waals surface area contributed by atoms with Gasteiger partial charge in [0.15, 0.2) is 18.1 Å². The first kappa shape index (κ1) is 17.8. The molecule has 0 aliphatic heterocycles. The van der Waals surface area contributed by atoms with E-state index in [0.717, 1.165) is 30.6 Å². The fourth-order valence-electron chi connectivity index (χ4n) is 2.51. The lowest BCUT2D eigenvalue weighted by molar-refractivity contribution is -0.119. The molecule has 0 bridgehead atoms. The van der Waals surface area contributed by atoms with E-state index in [2.05, 4.69) is 17.4 Å². The van der Waals surface area contributed by atoms with Crippen LogP contribution in [0.4, 0.5) is 0 Å². The van der Waals surface area contributed by atoms with E-state index >= 15 is 0 Å². The Morgan fingerprint density at radius 3 is 2.58 bits per heavy atom. The monoisotopic (exact) mass is 328 g/mol. The van der Waals surface area contributed by atoms with Crippen LogP contribution < -0.4 is 20.5 Å². The van der Waals surface area contributed by atoms with Crippen molar-refractivity contribution in [2.24, 2.45) is 5.73 Å². The van der Waals surface area contributed by atoms with Crippen LogP contribution in [-0.4, -0.2) is 26.2 Å². The van der Waals surface area contributed by atoms with Gasteiger partial charge < -0.3 is 20.5 Å². The van der Waals surface area contributed by atoms with E-state index in [0.29, 0.717) is 11.5 Å². The van der Waals surface area contributed by atoms with Crippen LogP contribution in [-0.2, 0) is 17.8 Å². The van der Waals surface area contributed by atoms with Gasteiger partial charge >= 0.3 is 0 Å². The number of ether oxygens (including phenoxy) is 2. The summed E-state index contributed by atoms with van der Waals surface area (Å²) in [5.74, 6) is 0.656. The second kappa shape index (κ2) is 8.93. The Labute approximate surface area is 142 Å². The molecule has 0 aromatic heterocycles. The number of hydrogen-bond acceptors (Lipinski definition) is 4. The molecule has 0 unspecified atom stereocenters. The van der Waals surface area contributed by atoms with Gasteiger partial charge in [0.25, 0.3) is 5.91 Å². The van der Waals surface area contributed by atoms with Crippen LogP contribution in [0.2, 0.25) is 0 Å². The van der Waals surface area contributed by atoms with Gasteiger partial charge in [0.1, 0.15) is 0 Å². The van der Waals surface area contributed by atoms with Gasteiger partial charge in [-0.05, 0) is 42.6 Å². The molecular formula is C19H24N2O3. The van der Waals surface area contributed by atoms with Gasteiger partial charge in [-0.1, -0.05) is 36.4 Å². The van der Waals surface area contributed by atoms with Crippen molar-refractivity contribution < 1.29 is 14.3 Å². The van der Waals surface area contributed by atoms with Crippen LogP contribution in [0.1, 0.15) is 16.7 Å². The van der Waals surface area contributed by atoms with Crippen LogP contribution in [0.3, 0.4) is 0 Å². The van der Waals surface area contributed by atoms with Crippen LogP contribution >= 0.6 is 0 Å². The van der Waals surface area contributed by atoms with Crippen molar-refractivity contribution in [3.63, 3.8) is 0 Å². The summed E-state index contributed by atoms with van der Waals surface area (Å²) in [6, 6.07) is 14.3. The fourth-order valence-corrected chi connectivity index (χ4v) is 2.51. The Morgan fingerprint density at radius 2 is 1.92 bits per heavy atom. The SMILES string of the molecule is COc1cc(CNCCc2ccccc2)cc(C)c1OCC(N)=O. The molecule has 3 N–H and O–H groups in total. The molecule has 0 radical (unpaired) electrons. The second-order valence-electron chi connectivity index (χ2n) is 5.61. The highest BCUT2D eigenvalue weighted by atomic mass is 16.5. The lowest BCUT2D eigenvalue weighted by Crippen LogP contribution is -2.21. The number of carbonyl (C=O) groups excluding carboxylic acids is 1. The molecule has 1 amide bonds. The number of amides is 1. The smallest absolute Gasteiger partial charge is 0.255 e. The van der Waals surface area contributed by atoms with E-state index in [4.69, 9.17) is 15.2 Å². The summed E-state index contributed by atoms with van der Waals surface area (Å²) in [5.41, 5.74) is 8.45. The number of benzene rings is 2. The van der Waals surface area contributed by atoms with Crippen molar-refractivity contribution in [1.82, 2.24) is 5.32 Å². The highest BCUT2D eigenvalue weighted by molar-refractivity contribution is 5.75. The van der Waals surface area contributed by atoms with Crippen LogP contribution in [0.15, 0.2) is 42.5 Å². The molecular weight excluding hydrogens is 304 g/mol. The summed E-state index contributed by atoms with van der Waals surface area (Å²) < 4.78 is 10.8. The molecule has 5 nitrogen and oxygen atoms in total. The molecule has 24 heavy (non-hydrogen) atoms. The number of nitrogens with two attached hydrogens (primary N) is 1. The Hall–Kier alpha value is -2.53. The molecule has 0 aliphatic carbocycles. The van der Waals surface area contributed by atoms with E-state index in [-0.39, 0.29) is 6.61 Å². The van der Waals surface area contributed by atoms with Crippen molar-refractivity contribution in [1.29, 1.82) is 0 Å². The van der Waals surface area contributed by atoms with Gasteiger partial charge in [0, 0.05) is 6.54 Å². The van der Waals surface area contributed by atoms with Crippen molar-refractivity contribution >= 4 is 5.91 Å². The largest absolute Gasteiger partial charge is 0.493 e.